The summed E-state index contributed by atoms with van der Waals surface area (Å²) in [5.41, 5.74) is 0.695. The molecule has 2 rings (SSSR count). The average Bonchev–Trinajstić information content (AvgIpc) is 2.61. The third kappa shape index (κ3) is 4.05. The molecular formula is C18H13FN2O3. The Balaban J connectivity index is 2.20. The van der Waals surface area contributed by atoms with Gasteiger partial charge < -0.3 is 10.1 Å². The van der Waals surface area contributed by atoms with Crippen LogP contribution in [-0.2, 0) is 9.53 Å². The third-order valence-electron chi connectivity index (χ3n) is 3.13. The maximum absolute atomic E-state index is 13.5. The van der Waals surface area contributed by atoms with E-state index in [-0.39, 0.29) is 11.3 Å². The Bertz CT molecular complexity index is 836. The number of hydrogen-bond donors (Lipinski definition) is 1. The van der Waals surface area contributed by atoms with Crippen molar-refractivity contribution in [2.24, 2.45) is 0 Å². The molecule has 0 bridgehead atoms. The van der Waals surface area contributed by atoms with Gasteiger partial charge in [-0.1, -0.05) is 24.3 Å². The lowest BCUT2D eigenvalue weighted by Gasteiger charge is -2.05. The van der Waals surface area contributed by atoms with Gasteiger partial charge in [0.1, 0.15) is 17.5 Å². The van der Waals surface area contributed by atoms with Crippen molar-refractivity contribution in [3.63, 3.8) is 0 Å². The number of amides is 1. The highest BCUT2D eigenvalue weighted by Crippen LogP contribution is 2.15. The molecule has 2 aromatic rings. The highest BCUT2D eigenvalue weighted by Gasteiger charge is 2.12. The first-order chi connectivity index (χ1) is 11.5. The molecule has 0 aromatic heterocycles. The zero-order valence-electron chi connectivity index (χ0n) is 12.7. The van der Waals surface area contributed by atoms with Gasteiger partial charge in [0.15, 0.2) is 0 Å². The predicted octanol–water partition coefficient (Wildman–Crippen LogP) is 3.16. The van der Waals surface area contributed by atoms with Crippen LogP contribution in [-0.4, -0.2) is 19.0 Å². The third-order valence-corrected chi connectivity index (χ3v) is 3.13. The lowest BCUT2D eigenvalue weighted by molar-refractivity contribution is -0.112. The lowest BCUT2D eigenvalue weighted by atomic mass is 10.1. The summed E-state index contributed by atoms with van der Waals surface area (Å²) in [6.45, 7) is 0. The molecule has 0 unspecified atom stereocenters. The molecule has 0 aliphatic carbocycles. The minimum atomic E-state index is -0.723. The fourth-order valence-corrected chi connectivity index (χ4v) is 1.90. The van der Waals surface area contributed by atoms with E-state index < -0.39 is 17.7 Å². The summed E-state index contributed by atoms with van der Waals surface area (Å²) in [4.78, 5) is 23.4. The summed E-state index contributed by atoms with van der Waals surface area (Å²) >= 11 is 0. The number of esters is 1. The molecule has 5 nitrogen and oxygen atoms in total. The van der Waals surface area contributed by atoms with Gasteiger partial charge in [-0.25, -0.2) is 9.18 Å². The maximum atomic E-state index is 13.5. The predicted molar refractivity (Wildman–Crippen MR) is 86.4 cm³/mol. The fraction of sp³-hybridized carbons (Fsp3) is 0.0556. The first kappa shape index (κ1) is 16.9. The molecule has 0 heterocycles. The molecule has 0 atom stereocenters. The van der Waals surface area contributed by atoms with Gasteiger partial charge >= 0.3 is 5.97 Å². The van der Waals surface area contributed by atoms with Crippen molar-refractivity contribution < 1.29 is 18.7 Å². The second kappa shape index (κ2) is 7.70. The van der Waals surface area contributed by atoms with E-state index in [0.29, 0.717) is 11.1 Å². The standard InChI is InChI=1S/C18H13FN2O3/c1-24-18(23)13-8-6-12(7-9-13)10-14(11-20)17(22)21-16-5-3-2-4-15(16)19/h2-10H,1H3,(H,21,22)/b14-10-. The Hall–Kier alpha value is -3.46. The first-order valence-corrected chi connectivity index (χ1v) is 6.91. The number of benzene rings is 2. The van der Waals surface area contributed by atoms with Crippen LogP contribution in [0.4, 0.5) is 10.1 Å². The molecule has 2 aromatic carbocycles. The molecule has 0 aliphatic heterocycles. The van der Waals surface area contributed by atoms with Gasteiger partial charge in [-0.2, -0.15) is 5.26 Å². The quantitative estimate of drug-likeness (QED) is 0.532. The molecular weight excluding hydrogens is 311 g/mol. The molecule has 120 valence electrons. The minimum Gasteiger partial charge on any atom is -0.465 e. The van der Waals surface area contributed by atoms with Gasteiger partial charge in [0, 0.05) is 0 Å². The molecule has 0 saturated carbocycles. The average molecular weight is 324 g/mol. The number of hydrogen-bond acceptors (Lipinski definition) is 4. The van der Waals surface area contributed by atoms with Crippen molar-refractivity contribution in [1.82, 2.24) is 0 Å². The van der Waals surface area contributed by atoms with Crippen LogP contribution < -0.4 is 5.32 Å². The summed E-state index contributed by atoms with van der Waals surface area (Å²) in [5.74, 6) is -1.80. The smallest absolute Gasteiger partial charge is 0.337 e. The van der Waals surface area contributed by atoms with E-state index in [1.807, 2.05) is 0 Å². The molecule has 0 saturated heterocycles. The van der Waals surface area contributed by atoms with Crippen LogP contribution in [0.15, 0.2) is 54.1 Å². The van der Waals surface area contributed by atoms with Crippen molar-refractivity contribution >= 4 is 23.6 Å². The summed E-state index contributed by atoms with van der Waals surface area (Å²) in [5, 5.41) is 11.5. The topological polar surface area (TPSA) is 79.2 Å². The summed E-state index contributed by atoms with van der Waals surface area (Å²) in [6.07, 6.45) is 1.34. The number of anilines is 1. The summed E-state index contributed by atoms with van der Waals surface area (Å²) in [7, 11) is 1.27. The Kier molecular flexibility index (Phi) is 5.42. The number of methoxy groups -OCH3 is 1. The number of rotatable bonds is 4. The lowest BCUT2D eigenvalue weighted by Crippen LogP contribution is -2.14. The number of ether oxygens (including phenoxy) is 1. The SMILES string of the molecule is COC(=O)c1ccc(/C=C(/C#N)C(=O)Nc2ccccc2F)cc1. The van der Waals surface area contributed by atoms with Gasteiger partial charge in [-0.3, -0.25) is 4.79 Å². The Morgan fingerprint density at radius 1 is 1.17 bits per heavy atom. The maximum Gasteiger partial charge on any atom is 0.337 e. The normalized spacial score (nSPS) is 10.6. The molecule has 6 heteroatoms. The molecule has 24 heavy (non-hydrogen) atoms. The van der Waals surface area contributed by atoms with E-state index in [2.05, 4.69) is 10.1 Å². The summed E-state index contributed by atoms with van der Waals surface area (Å²) < 4.78 is 18.1. The van der Waals surface area contributed by atoms with Crippen LogP contribution in [0, 0.1) is 17.1 Å². The number of carbonyl (C=O) groups is 2. The van der Waals surface area contributed by atoms with Crippen molar-refractivity contribution in [3.8, 4) is 6.07 Å². The second-order valence-electron chi connectivity index (χ2n) is 4.72. The number of para-hydroxylation sites is 1. The number of nitrogens with one attached hydrogen (secondary N) is 1. The fourth-order valence-electron chi connectivity index (χ4n) is 1.90. The zero-order valence-corrected chi connectivity index (χ0v) is 12.7. The molecule has 0 spiro atoms. The highest BCUT2D eigenvalue weighted by molar-refractivity contribution is 6.09. The summed E-state index contributed by atoms with van der Waals surface area (Å²) in [6, 6.07) is 13.6. The molecule has 0 fully saturated rings. The van der Waals surface area contributed by atoms with Gasteiger partial charge in [-0.05, 0) is 35.9 Å². The van der Waals surface area contributed by atoms with Crippen LogP contribution in [0.2, 0.25) is 0 Å². The van der Waals surface area contributed by atoms with Crippen LogP contribution in [0.5, 0.6) is 0 Å². The van der Waals surface area contributed by atoms with Crippen LogP contribution in [0.3, 0.4) is 0 Å². The first-order valence-electron chi connectivity index (χ1n) is 6.91. The minimum absolute atomic E-state index is 0.00955. The van der Waals surface area contributed by atoms with Crippen LogP contribution in [0.1, 0.15) is 15.9 Å². The van der Waals surface area contributed by atoms with Crippen molar-refractivity contribution in [1.29, 1.82) is 5.26 Å². The van der Waals surface area contributed by atoms with E-state index in [9.17, 15) is 14.0 Å². The monoisotopic (exact) mass is 324 g/mol. The second-order valence-corrected chi connectivity index (χ2v) is 4.72. The largest absolute Gasteiger partial charge is 0.465 e. The van der Waals surface area contributed by atoms with Crippen molar-refractivity contribution in [2.45, 2.75) is 0 Å². The Morgan fingerprint density at radius 3 is 2.42 bits per heavy atom. The molecule has 0 radical (unpaired) electrons. The number of nitrogens with zero attached hydrogens (tertiary/aromatic N) is 1. The molecule has 1 amide bonds. The van der Waals surface area contributed by atoms with E-state index in [1.165, 1.54) is 43.5 Å². The van der Waals surface area contributed by atoms with E-state index in [0.717, 1.165) is 0 Å². The zero-order chi connectivity index (χ0) is 17.5. The van der Waals surface area contributed by atoms with E-state index >= 15 is 0 Å². The van der Waals surface area contributed by atoms with Gasteiger partial charge in [-0.15, -0.1) is 0 Å². The van der Waals surface area contributed by atoms with E-state index in [1.54, 1.807) is 24.3 Å². The number of carbonyl (C=O) groups excluding carboxylic acids is 2. The van der Waals surface area contributed by atoms with Gasteiger partial charge in [0.05, 0.1) is 18.4 Å². The highest BCUT2D eigenvalue weighted by atomic mass is 19.1. The van der Waals surface area contributed by atoms with Gasteiger partial charge in [0.25, 0.3) is 5.91 Å². The van der Waals surface area contributed by atoms with E-state index in [4.69, 9.17) is 5.26 Å². The van der Waals surface area contributed by atoms with Crippen molar-refractivity contribution in [2.75, 3.05) is 12.4 Å². The number of nitriles is 1. The van der Waals surface area contributed by atoms with Crippen LogP contribution >= 0.6 is 0 Å². The Morgan fingerprint density at radius 2 is 1.83 bits per heavy atom. The molecule has 1 N–H and O–H groups in total. The van der Waals surface area contributed by atoms with Gasteiger partial charge in [0.2, 0.25) is 0 Å². The van der Waals surface area contributed by atoms with Crippen molar-refractivity contribution in [3.05, 3.63) is 71.0 Å². The van der Waals surface area contributed by atoms with Crippen LogP contribution in [0.25, 0.3) is 6.08 Å². The Labute approximate surface area is 138 Å². The number of halogens is 1. The molecule has 0 aliphatic rings.